The lowest BCUT2D eigenvalue weighted by atomic mass is 10.1. The van der Waals surface area contributed by atoms with Crippen LogP contribution in [0.5, 0.6) is 0 Å². The van der Waals surface area contributed by atoms with Crippen LogP contribution >= 0.6 is 0 Å². The van der Waals surface area contributed by atoms with Gasteiger partial charge in [-0.05, 0) is 18.8 Å². The summed E-state index contributed by atoms with van der Waals surface area (Å²) in [5.74, 6) is 2.19. The van der Waals surface area contributed by atoms with Gasteiger partial charge in [-0.3, -0.25) is 0 Å². The van der Waals surface area contributed by atoms with Gasteiger partial charge in [0.05, 0.1) is 0 Å². The van der Waals surface area contributed by atoms with Gasteiger partial charge in [0.2, 0.25) is 0 Å². The minimum Gasteiger partial charge on any atom is -0.383 e. The highest BCUT2D eigenvalue weighted by atomic mass is 15.0. The topological polar surface area (TPSA) is 63.8 Å². The van der Waals surface area contributed by atoms with Crippen LogP contribution in [0.4, 0.5) is 11.6 Å². The maximum Gasteiger partial charge on any atom is 0.134 e. The number of aromatic nitrogens is 2. The van der Waals surface area contributed by atoms with E-state index >= 15 is 0 Å². The van der Waals surface area contributed by atoms with Crippen LogP contribution in [0.15, 0.2) is 6.33 Å². The fraction of sp³-hybridized carbons (Fsp3) is 0.667. The summed E-state index contributed by atoms with van der Waals surface area (Å²) in [5.41, 5.74) is 6.90. The summed E-state index contributed by atoms with van der Waals surface area (Å²) in [6.07, 6.45) is 4.63. The van der Waals surface area contributed by atoms with Crippen molar-refractivity contribution in [3.05, 3.63) is 11.9 Å². The van der Waals surface area contributed by atoms with Crippen molar-refractivity contribution in [2.45, 2.75) is 40.0 Å². The minimum absolute atomic E-state index is 0.601. The van der Waals surface area contributed by atoms with E-state index in [4.69, 9.17) is 5.73 Å². The molecule has 4 nitrogen and oxygen atoms in total. The zero-order valence-electron chi connectivity index (χ0n) is 10.5. The highest BCUT2D eigenvalue weighted by molar-refractivity contribution is 5.54. The van der Waals surface area contributed by atoms with E-state index in [0.29, 0.717) is 11.7 Å². The summed E-state index contributed by atoms with van der Waals surface area (Å²) in [4.78, 5) is 8.28. The van der Waals surface area contributed by atoms with E-state index in [9.17, 15) is 0 Å². The number of nitrogens with zero attached hydrogens (tertiary/aromatic N) is 2. The fourth-order valence-corrected chi connectivity index (χ4v) is 1.55. The van der Waals surface area contributed by atoms with E-state index in [-0.39, 0.29) is 0 Å². The number of hydrogen-bond donors (Lipinski definition) is 2. The SMILES string of the molecule is CCCc1c(N)ncnc1NCCC(C)C. The molecule has 0 aliphatic carbocycles. The first-order valence-electron chi connectivity index (χ1n) is 5.98. The summed E-state index contributed by atoms with van der Waals surface area (Å²) in [6.45, 7) is 7.49. The van der Waals surface area contributed by atoms with Crippen LogP contribution < -0.4 is 11.1 Å². The Morgan fingerprint density at radius 3 is 2.75 bits per heavy atom. The lowest BCUT2D eigenvalue weighted by molar-refractivity contribution is 0.606. The molecule has 0 radical (unpaired) electrons. The lowest BCUT2D eigenvalue weighted by Gasteiger charge is -2.12. The summed E-state index contributed by atoms with van der Waals surface area (Å²) in [5, 5.41) is 3.34. The van der Waals surface area contributed by atoms with E-state index in [1.165, 1.54) is 6.33 Å². The Bertz CT molecular complexity index is 323. The molecule has 90 valence electrons. The smallest absolute Gasteiger partial charge is 0.134 e. The second-order valence-corrected chi connectivity index (χ2v) is 4.45. The van der Waals surface area contributed by atoms with Gasteiger partial charge in [-0.1, -0.05) is 27.2 Å². The Labute approximate surface area is 97.7 Å². The minimum atomic E-state index is 0.601. The molecular formula is C12H22N4. The third-order valence-corrected chi connectivity index (χ3v) is 2.49. The molecule has 1 heterocycles. The van der Waals surface area contributed by atoms with Gasteiger partial charge in [0.1, 0.15) is 18.0 Å². The average molecular weight is 222 g/mol. The van der Waals surface area contributed by atoms with Crippen LogP contribution in [-0.4, -0.2) is 16.5 Å². The normalized spacial score (nSPS) is 10.8. The molecule has 0 aromatic carbocycles. The first-order chi connectivity index (χ1) is 7.65. The van der Waals surface area contributed by atoms with Crippen LogP contribution in [-0.2, 0) is 6.42 Å². The Morgan fingerprint density at radius 2 is 2.12 bits per heavy atom. The number of rotatable bonds is 6. The molecule has 0 fully saturated rings. The standard InChI is InChI=1S/C12H22N4/c1-4-5-10-11(13)15-8-16-12(10)14-7-6-9(2)3/h8-9H,4-7H2,1-3H3,(H3,13,14,15,16). The molecule has 0 unspecified atom stereocenters. The summed E-state index contributed by atoms with van der Waals surface area (Å²) in [7, 11) is 0. The van der Waals surface area contributed by atoms with Crippen LogP contribution in [0.25, 0.3) is 0 Å². The first kappa shape index (κ1) is 12.7. The van der Waals surface area contributed by atoms with Crippen LogP contribution in [0.2, 0.25) is 0 Å². The monoisotopic (exact) mass is 222 g/mol. The molecule has 0 aliphatic heterocycles. The van der Waals surface area contributed by atoms with Crippen molar-refractivity contribution in [3.8, 4) is 0 Å². The van der Waals surface area contributed by atoms with Crippen LogP contribution in [0.3, 0.4) is 0 Å². The van der Waals surface area contributed by atoms with Crippen molar-refractivity contribution in [3.63, 3.8) is 0 Å². The quantitative estimate of drug-likeness (QED) is 0.776. The molecule has 0 aliphatic rings. The Hall–Kier alpha value is -1.32. The maximum atomic E-state index is 5.85. The summed E-state index contributed by atoms with van der Waals surface area (Å²) < 4.78 is 0. The number of nitrogens with one attached hydrogen (secondary N) is 1. The molecule has 0 atom stereocenters. The third kappa shape index (κ3) is 3.68. The van der Waals surface area contributed by atoms with E-state index in [1.807, 2.05) is 0 Å². The lowest BCUT2D eigenvalue weighted by Crippen LogP contribution is -2.10. The Balaban J connectivity index is 2.66. The molecule has 0 spiro atoms. The van der Waals surface area contributed by atoms with Gasteiger partial charge in [0.25, 0.3) is 0 Å². The van der Waals surface area contributed by atoms with Gasteiger partial charge in [-0.25, -0.2) is 9.97 Å². The predicted octanol–water partition coefficient (Wildman–Crippen LogP) is 2.47. The van der Waals surface area contributed by atoms with Crippen molar-refractivity contribution >= 4 is 11.6 Å². The highest BCUT2D eigenvalue weighted by Crippen LogP contribution is 2.19. The van der Waals surface area contributed by atoms with E-state index in [1.54, 1.807) is 0 Å². The van der Waals surface area contributed by atoms with E-state index in [0.717, 1.165) is 37.2 Å². The van der Waals surface area contributed by atoms with E-state index < -0.39 is 0 Å². The Kier molecular flexibility index (Phi) is 5.02. The van der Waals surface area contributed by atoms with Crippen molar-refractivity contribution < 1.29 is 0 Å². The fourth-order valence-electron chi connectivity index (χ4n) is 1.55. The number of nitrogen functional groups attached to an aromatic ring is 1. The van der Waals surface area contributed by atoms with Gasteiger partial charge >= 0.3 is 0 Å². The van der Waals surface area contributed by atoms with Gasteiger partial charge in [-0.15, -0.1) is 0 Å². The van der Waals surface area contributed by atoms with Gasteiger partial charge in [-0.2, -0.15) is 0 Å². The second-order valence-electron chi connectivity index (χ2n) is 4.45. The number of hydrogen-bond acceptors (Lipinski definition) is 4. The second kappa shape index (κ2) is 6.30. The molecule has 0 amide bonds. The van der Waals surface area contributed by atoms with Gasteiger partial charge in [0, 0.05) is 12.1 Å². The van der Waals surface area contributed by atoms with Crippen molar-refractivity contribution in [2.24, 2.45) is 5.92 Å². The Morgan fingerprint density at radius 1 is 1.38 bits per heavy atom. The summed E-state index contributed by atoms with van der Waals surface area (Å²) in [6, 6.07) is 0. The zero-order chi connectivity index (χ0) is 12.0. The molecular weight excluding hydrogens is 200 g/mol. The first-order valence-corrected chi connectivity index (χ1v) is 5.98. The molecule has 16 heavy (non-hydrogen) atoms. The van der Waals surface area contributed by atoms with Gasteiger partial charge < -0.3 is 11.1 Å². The van der Waals surface area contributed by atoms with Crippen LogP contribution in [0, 0.1) is 5.92 Å². The molecule has 4 heteroatoms. The predicted molar refractivity (Wildman–Crippen MR) is 68.4 cm³/mol. The maximum absolute atomic E-state index is 5.85. The summed E-state index contributed by atoms with van der Waals surface area (Å²) >= 11 is 0. The molecule has 0 saturated carbocycles. The van der Waals surface area contributed by atoms with Crippen LogP contribution in [0.1, 0.15) is 39.2 Å². The molecule has 1 aromatic rings. The highest BCUT2D eigenvalue weighted by Gasteiger charge is 2.07. The van der Waals surface area contributed by atoms with Crippen molar-refractivity contribution in [1.82, 2.24) is 9.97 Å². The number of nitrogens with two attached hydrogens (primary N) is 1. The molecule has 0 bridgehead atoms. The van der Waals surface area contributed by atoms with Crippen molar-refractivity contribution in [2.75, 3.05) is 17.6 Å². The van der Waals surface area contributed by atoms with E-state index in [2.05, 4.69) is 36.1 Å². The molecule has 1 aromatic heterocycles. The molecule has 1 rings (SSSR count). The van der Waals surface area contributed by atoms with Gasteiger partial charge in [0.15, 0.2) is 0 Å². The zero-order valence-corrected chi connectivity index (χ0v) is 10.5. The molecule has 0 saturated heterocycles. The average Bonchev–Trinajstić information content (AvgIpc) is 2.22. The third-order valence-electron chi connectivity index (χ3n) is 2.49. The molecule has 3 N–H and O–H groups in total. The number of anilines is 2. The largest absolute Gasteiger partial charge is 0.383 e. The van der Waals surface area contributed by atoms with Crippen molar-refractivity contribution in [1.29, 1.82) is 0 Å².